The Morgan fingerprint density at radius 3 is 1.21 bits per heavy atom. The van der Waals surface area contributed by atoms with Crippen molar-refractivity contribution in [3.63, 3.8) is 0 Å². The number of hydrogen-bond acceptors (Lipinski definition) is 8. The van der Waals surface area contributed by atoms with Gasteiger partial charge in [0, 0.05) is 75.7 Å². The SMILES string of the molecule is CCCOC1CCC(N2CCC(n3c(=O)[nH]c4ccc(OC(F)(F)F)cc43)CC2)CC1.CCCOC1CCC(N2CCC(n3c(=O)[nH]c4ccc(OC(F)(F)F)cc43)CC2)CC1. The Bertz CT molecular complexity index is 2000. The minimum Gasteiger partial charge on any atom is -0.406 e. The number of ether oxygens (including phenoxy) is 4. The number of aromatic nitrogens is 4. The number of halogens is 6. The highest BCUT2D eigenvalue weighted by Gasteiger charge is 2.35. The molecule has 8 rings (SSSR count). The maximum atomic E-state index is 12.6. The molecule has 0 atom stereocenters. The van der Waals surface area contributed by atoms with E-state index in [1.54, 1.807) is 9.13 Å². The molecule has 18 heteroatoms. The van der Waals surface area contributed by atoms with Crippen molar-refractivity contribution < 1.29 is 45.3 Å². The molecule has 4 aliphatic rings. The van der Waals surface area contributed by atoms with Crippen molar-refractivity contribution >= 4 is 22.1 Å². The molecule has 4 aromatic rings. The fourth-order valence-electron chi connectivity index (χ4n) is 10.1. The van der Waals surface area contributed by atoms with Crippen LogP contribution in [-0.4, -0.2) is 105 Å². The molecule has 2 aromatic carbocycles. The zero-order valence-corrected chi connectivity index (χ0v) is 35.6. The number of likely N-dealkylation sites (tertiary alicyclic amines) is 2. The normalized spacial score (nSPS) is 24.0. The first-order valence-corrected chi connectivity index (χ1v) is 22.4. The molecule has 344 valence electrons. The lowest BCUT2D eigenvalue weighted by molar-refractivity contribution is -0.275. The molecule has 12 nitrogen and oxygen atoms in total. The van der Waals surface area contributed by atoms with Crippen LogP contribution in [0.1, 0.15) is 116 Å². The minimum absolute atomic E-state index is 0.0390. The van der Waals surface area contributed by atoms with E-state index in [0.717, 1.165) is 129 Å². The summed E-state index contributed by atoms with van der Waals surface area (Å²) in [4.78, 5) is 35.6. The Hall–Kier alpha value is -4.00. The van der Waals surface area contributed by atoms with Crippen LogP contribution in [0.15, 0.2) is 46.0 Å². The summed E-state index contributed by atoms with van der Waals surface area (Å²) in [7, 11) is 0. The molecule has 2 N–H and O–H groups in total. The summed E-state index contributed by atoms with van der Waals surface area (Å²) in [6.45, 7) is 9.44. The Balaban J connectivity index is 0.000000186. The fourth-order valence-corrected chi connectivity index (χ4v) is 10.1. The minimum atomic E-state index is -4.76. The number of aromatic amines is 2. The van der Waals surface area contributed by atoms with Crippen molar-refractivity contribution in [2.75, 3.05) is 39.4 Å². The van der Waals surface area contributed by atoms with E-state index < -0.39 is 12.7 Å². The van der Waals surface area contributed by atoms with Gasteiger partial charge in [-0.3, -0.25) is 9.13 Å². The van der Waals surface area contributed by atoms with E-state index in [9.17, 15) is 35.9 Å². The number of imidazole rings is 2. The molecule has 2 aromatic heterocycles. The lowest BCUT2D eigenvalue weighted by atomic mass is 9.90. The highest BCUT2D eigenvalue weighted by Crippen LogP contribution is 2.35. The summed E-state index contributed by atoms with van der Waals surface area (Å²) in [5.41, 5.74) is 1.38. The third kappa shape index (κ3) is 11.8. The molecule has 0 radical (unpaired) electrons. The van der Waals surface area contributed by atoms with Crippen molar-refractivity contribution in [2.45, 2.75) is 153 Å². The summed E-state index contributed by atoms with van der Waals surface area (Å²) in [5.74, 6) is -0.625. The van der Waals surface area contributed by atoms with Crippen molar-refractivity contribution in [3.05, 3.63) is 57.4 Å². The Morgan fingerprint density at radius 2 is 0.887 bits per heavy atom. The third-order valence-electron chi connectivity index (χ3n) is 13.0. The van der Waals surface area contributed by atoms with E-state index in [-0.39, 0.29) is 35.0 Å². The second-order valence-corrected chi connectivity index (χ2v) is 17.2. The molecule has 4 heterocycles. The van der Waals surface area contributed by atoms with E-state index in [0.29, 0.717) is 46.4 Å². The Kier molecular flexibility index (Phi) is 15.0. The summed E-state index contributed by atoms with van der Waals surface area (Å²) >= 11 is 0. The van der Waals surface area contributed by atoms with Crippen LogP contribution in [0.25, 0.3) is 22.1 Å². The third-order valence-corrected chi connectivity index (χ3v) is 13.0. The topological polar surface area (TPSA) is 119 Å². The van der Waals surface area contributed by atoms with E-state index in [4.69, 9.17) is 9.47 Å². The van der Waals surface area contributed by atoms with Crippen LogP contribution in [0.3, 0.4) is 0 Å². The molecule has 0 spiro atoms. The van der Waals surface area contributed by atoms with Crippen molar-refractivity contribution in [1.82, 2.24) is 28.9 Å². The molecule has 0 bridgehead atoms. The van der Waals surface area contributed by atoms with Gasteiger partial charge < -0.3 is 38.7 Å². The Morgan fingerprint density at radius 1 is 0.532 bits per heavy atom. The van der Waals surface area contributed by atoms with Gasteiger partial charge in [-0.1, -0.05) is 13.8 Å². The maximum absolute atomic E-state index is 12.6. The van der Waals surface area contributed by atoms with Crippen LogP contribution in [0, 0.1) is 0 Å². The first-order valence-electron chi connectivity index (χ1n) is 22.4. The summed E-state index contributed by atoms with van der Waals surface area (Å²) in [6.07, 6.45) is 5.39. The molecular weight excluding hydrogens is 823 g/mol. The first-order chi connectivity index (χ1) is 29.7. The summed E-state index contributed by atoms with van der Waals surface area (Å²) in [6, 6.07) is 8.98. The van der Waals surface area contributed by atoms with Crippen LogP contribution in [-0.2, 0) is 9.47 Å². The van der Waals surface area contributed by atoms with Crippen LogP contribution >= 0.6 is 0 Å². The van der Waals surface area contributed by atoms with Crippen LogP contribution in [0.5, 0.6) is 11.5 Å². The molecule has 2 aliphatic carbocycles. The number of nitrogens with one attached hydrogen (secondary N) is 2. The van der Waals surface area contributed by atoms with Gasteiger partial charge >= 0.3 is 24.1 Å². The number of hydrogen-bond donors (Lipinski definition) is 2. The molecule has 2 aliphatic heterocycles. The zero-order valence-electron chi connectivity index (χ0n) is 35.6. The predicted molar refractivity (Wildman–Crippen MR) is 223 cm³/mol. The van der Waals surface area contributed by atoms with Gasteiger partial charge in [-0.15, -0.1) is 26.3 Å². The van der Waals surface area contributed by atoms with Crippen LogP contribution in [0.2, 0.25) is 0 Å². The predicted octanol–water partition coefficient (Wildman–Crippen LogP) is 9.21. The molecule has 2 saturated heterocycles. The number of alkyl halides is 6. The highest BCUT2D eigenvalue weighted by atomic mass is 19.4. The number of H-pyrrole nitrogens is 2. The standard InChI is InChI=1S/2C22H30F3N3O3/c2*1-2-13-30-17-5-3-15(4-6-17)27-11-9-16(10-12-27)28-20-14-18(31-22(23,24)25)7-8-19(20)26-21(28)29/h2*7-8,14-17H,2-6,9-13H2,1H3,(H,26,29). The number of nitrogens with zero attached hydrogens (tertiary/aromatic N) is 4. The molecule has 2 saturated carbocycles. The van der Waals surface area contributed by atoms with Gasteiger partial charge in [0.2, 0.25) is 0 Å². The lowest BCUT2D eigenvalue weighted by Gasteiger charge is -2.41. The maximum Gasteiger partial charge on any atom is 0.573 e. The lowest BCUT2D eigenvalue weighted by Crippen LogP contribution is -2.45. The summed E-state index contributed by atoms with van der Waals surface area (Å²) < 4.78 is 98.6. The second kappa shape index (κ2) is 20.2. The van der Waals surface area contributed by atoms with E-state index in [2.05, 4.69) is 43.1 Å². The Labute approximate surface area is 356 Å². The van der Waals surface area contributed by atoms with Crippen LogP contribution < -0.4 is 20.9 Å². The quantitative estimate of drug-likeness (QED) is 0.135. The van der Waals surface area contributed by atoms with Crippen LogP contribution in [0.4, 0.5) is 26.3 Å². The number of rotatable bonds is 12. The van der Waals surface area contributed by atoms with E-state index in [1.807, 2.05) is 0 Å². The summed E-state index contributed by atoms with van der Waals surface area (Å²) in [5, 5.41) is 0. The van der Waals surface area contributed by atoms with Gasteiger partial charge in [-0.05, 0) is 114 Å². The van der Waals surface area contributed by atoms with Gasteiger partial charge in [-0.25, -0.2) is 9.59 Å². The molecular formula is C44H60F6N6O6. The van der Waals surface area contributed by atoms with Gasteiger partial charge in [0.25, 0.3) is 0 Å². The van der Waals surface area contributed by atoms with Crippen molar-refractivity contribution in [1.29, 1.82) is 0 Å². The molecule has 0 amide bonds. The van der Waals surface area contributed by atoms with E-state index in [1.165, 1.54) is 36.4 Å². The van der Waals surface area contributed by atoms with E-state index >= 15 is 0 Å². The average molecular weight is 883 g/mol. The number of fused-ring (bicyclic) bond motifs is 2. The molecule has 62 heavy (non-hydrogen) atoms. The monoisotopic (exact) mass is 882 g/mol. The second-order valence-electron chi connectivity index (χ2n) is 17.2. The van der Waals surface area contributed by atoms with Crippen molar-refractivity contribution in [3.8, 4) is 11.5 Å². The van der Waals surface area contributed by atoms with Crippen molar-refractivity contribution in [2.24, 2.45) is 0 Å². The molecule has 4 fully saturated rings. The first kappa shape index (κ1) is 46.0. The molecule has 0 unspecified atom stereocenters. The average Bonchev–Trinajstić information content (AvgIpc) is 3.75. The zero-order chi connectivity index (χ0) is 44.0. The smallest absolute Gasteiger partial charge is 0.406 e. The largest absolute Gasteiger partial charge is 0.573 e. The number of benzene rings is 2. The number of piperidine rings is 2. The van der Waals surface area contributed by atoms with Gasteiger partial charge in [0.05, 0.1) is 34.3 Å². The highest BCUT2D eigenvalue weighted by molar-refractivity contribution is 5.78. The fraction of sp³-hybridized carbons (Fsp3) is 0.682. The van der Waals surface area contributed by atoms with Gasteiger partial charge in [-0.2, -0.15) is 0 Å². The van der Waals surface area contributed by atoms with Gasteiger partial charge in [0.15, 0.2) is 0 Å². The van der Waals surface area contributed by atoms with Gasteiger partial charge in [0.1, 0.15) is 11.5 Å².